The molecule has 0 bridgehead atoms. The highest BCUT2D eigenvalue weighted by molar-refractivity contribution is 6.30. The molecule has 0 spiro atoms. The van der Waals surface area contributed by atoms with E-state index in [4.69, 9.17) is 11.6 Å². The molecule has 1 fully saturated rings. The molecular weight excluding hydrogens is 449 g/mol. The summed E-state index contributed by atoms with van der Waals surface area (Å²) in [6.45, 7) is 0. The first-order valence-electron chi connectivity index (χ1n) is 10.3. The lowest BCUT2D eigenvalue weighted by atomic mass is 9.94. The number of halogens is 2. The van der Waals surface area contributed by atoms with Gasteiger partial charge in [-0.2, -0.15) is 0 Å². The highest BCUT2D eigenvalue weighted by Gasteiger charge is 2.42. The predicted molar refractivity (Wildman–Crippen MR) is 123 cm³/mol. The Bertz CT molecular complexity index is 1240. The van der Waals surface area contributed by atoms with Gasteiger partial charge in [-0.1, -0.05) is 17.7 Å². The molecule has 2 aromatic carbocycles. The molecule has 170 valence electrons. The first kappa shape index (κ1) is 22.7. The van der Waals surface area contributed by atoms with Crippen LogP contribution in [0, 0.1) is 17.7 Å². The Morgan fingerprint density at radius 3 is 2.27 bits per heavy atom. The van der Waals surface area contributed by atoms with Crippen molar-refractivity contribution in [2.75, 3.05) is 10.6 Å². The second-order valence-corrected chi connectivity index (χ2v) is 8.33. The van der Waals surface area contributed by atoms with E-state index in [0.29, 0.717) is 16.4 Å². The van der Waals surface area contributed by atoms with Gasteiger partial charge in [-0.15, -0.1) is 0 Å². The van der Waals surface area contributed by atoms with E-state index in [1.165, 1.54) is 29.0 Å². The Morgan fingerprint density at radius 1 is 0.970 bits per heavy atom. The number of nitrogens with one attached hydrogen (secondary N) is 2. The first-order chi connectivity index (χ1) is 15.8. The van der Waals surface area contributed by atoms with Gasteiger partial charge in [0.05, 0.1) is 29.3 Å². The summed E-state index contributed by atoms with van der Waals surface area (Å²) < 4.78 is 16.0. The van der Waals surface area contributed by atoms with E-state index in [1.807, 2.05) is 0 Å². The number of hydrogen-bond acceptors (Lipinski definition) is 4. The molecule has 1 heterocycles. The fraction of sp³-hybridized carbons (Fsp3) is 0.208. The van der Waals surface area contributed by atoms with Crippen molar-refractivity contribution in [1.29, 1.82) is 0 Å². The number of carbonyl (C=O) groups is 2. The van der Waals surface area contributed by atoms with Crippen LogP contribution in [0.15, 0.2) is 71.7 Å². The second kappa shape index (κ2) is 9.56. The number of anilines is 2. The zero-order valence-electron chi connectivity index (χ0n) is 17.4. The average Bonchev–Trinajstić information content (AvgIpc) is 3.19. The maximum atomic E-state index is 14.7. The summed E-state index contributed by atoms with van der Waals surface area (Å²) in [5, 5.41) is 15.9. The Kier molecular flexibility index (Phi) is 6.57. The number of amides is 2. The number of benzene rings is 2. The summed E-state index contributed by atoms with van der Waals surface area (Å²) in [5.74, 6) is -3.30. The molecule has 3 N–H and O–H groups in total. The maximum Gasteiger partial charge on any atom is 0.255 e. The summed E-state index contributed by atoms with van der Waals surface area (Å²) in [5.41, 5.74) is 0.435. The van der Waals surface area contributed by atoms with Crippen LogP contribution in [0.1, 0.15) is 12.8 Å². The predicted octanol–water partition coefficient (Wildman–Crippen LogP) is 3.59. The summed E-state index contributed by atoms with van der Waals surface area (Å²) in [4.78, 5) is 37.6. The number of pyridine rings is 1. The molecule has 0 radical (unpaired) electrons. The topological polar surface area (TPSA) is 100 Å². The summed E-state index contributed by atoms with van der Waals surface area (Å²) in [6, 6.07) is 15.1. The Labute approximate surface area is 193 Å². The highest BCUT2D eigenvalue weighted by Crippen LogP contribution is 2.34. The number of aromatic nitrogens is 1. The number of rotatable bonds is 5. The minimum atomic E-state index is -0.830. The summed E-state index contributed by atoms with van der Waals surface area (Å²) in [7, 11) is 0. The smallest absolute Gasteiger partial charge is 0.255 e. The lowest BCUT2D eigenvalue weighted by Crippen LogP contribution is -2.33. The molecule has 2 amide bonds. The lowest BCUT2D eigenvalue weighted by Gasteiger charge is -2.19. The van der Waals surface area contributed by atoms with Crippen molar-refractivity contribution in [3.05, 3.63) is 88.1 Å². The SMILES string of the molecule is O=C(Nc1ccc(Cl)cc1)C1CC(O)CC1C(=O)Nc1ccc(-n2ccccc2=O)cc1F. The van der Waals surface area contributed by atoms with Crippen LogP contribution in [0.25, 0.3) is 5.69 Å². The lowest BCUT2D eigenvalue weighted by molar-refractivity contribution is -0.128. The number of aliphatic hydroxyl groups is 1. The van der Waals surface area contributed by atoms with Crippen LogP contribution in [0.3, 0.4) is 0 Å². The van der Waals surface area contributed by atoms with Gasteiger partial charge in [0.25, 0.3) is 5.56 Å². The molecule has 0 aliphatic heterocycles. The molecule has 3 unspecified atom stereocenters. The minimum absolute atomic E-state index is 0.0778. The van der Waals surface area contributed by atoms with Crippen LogP contribution < -0.4 is 16.2 Å². The van der Waals surface area contributed by atoms with Gasteiger partial charge in [-0.3, -0.25) is 19.0 Å². The van der Waals surface area contributed by atoms with Crippen LogP contribution in [0.4, 0.5) is 15.8 Å². The molecular formula is C24H21ClFN3O4. The van der Waals surface area contributed by atoms with Crippen molar-refractivity contribution < 1.29 is 19.1 Å². The quantitative estimate of drug-likeness (QED) is 0.531. The molecule has 7 nitrogen and oxygen atoms in total. The average molecular weight is 470 g/mol. The number of hydrogen-bond donors (Lipinski definition) is 3. The van der Waals surface area contributed by atoms with E-state index < -0.39 is 35.6 Å². The Balaban J connectivity index is 1.48. The van der Waals surface area contributed by atoms with Crippen molar-refractivity contribution in [3.8, 4) is 5.69 Å². The van der Waals surface area contributed by atoms with E-state index in [-0.39, 0.29) is 24.1 Å². The van der Waals surface area contributed by atoms with E-state index >= 15 is 0 Å². The molecule has 1 saturated carbocycles. The highest BCUT2D eigenvalue weighted by atomic mass is 35.5. The number of aliphatic hydroxyl groups excluding tert-OH is 1. The van der Waals surface area contributed by atoms with E-state index in [2.05, 4.69) is 10.6 Å². The zero-order chi connectivity index (χ0) is 23.5. The van der Waals surface area contributed by atoms with Gasteiger partial charge in [-0.25, -0.2) is 4.39 Å². The van der Waals surface area contributed by atoms with Crippen molar-refractivity contribution in [2.24, 2.45) is 11.8 Å². The Hall–Kier alpha value is -3.49. The van der Waals surface area contributed by atoms with Gasteiger partial charge in [-0.05, 0) is 55.3 Å². The van der Waals surface area contributed by atoms with Crippen LogP contribution in [-0.2, 0) is 9.59 Å². The second-order valence-electron chi connectivity index (χ2n) is 7.90. The minimum Gasteiger partial charge on any atom is -0.393 e. The molecule has 0 saturated heterocycles. The van der Waals surface area contributed by atoms with Gasteiger partial charge >= 0.3 is 0 Å². The first-order valence-corrected chi connectivity index (χ1v) is 10.7. The third-order valence-corrected chi connectivity index (χ3v) is 5.89. The third-order valence-electron chi connectivity index (χ3n) is 5.63. The van der Waals surface area contributed by atoms with Gasteiger partial charge in [0.15, 0.2) is 0 Å². The molecule has 3 aromatic rings. The zero-order valence-corrected chi connectivity index (χ0v) is 18.1. The Morgan fingerprint density at radius 2 is 1.64 bits per heavy atom. The van der Waals surface area contributed by atoms with Crippen molar-refractivity contribution in [3.63, 3.8) is 0 Å². The number of nitrogens with zero attached hydrogens (tertiary/aromatic N) is 1. The van der Waals surface area contributed by atoms with Crippen LogP contribution in [0.5, 0.6) is 0 Å². The maximum absolute atomic E-state index is 14.7. The van der Waals surface area contributed by atoms with E-state index in [0.717, 1.165) is 6.07 Å². The summed E-state index contributed by atoms with van der Waals surface area (Å²) in [6.07, 6.45) is 0.900. The fourth-order valence-electron chi connectivity index (χ4n) is 3.98. The normalized spacial score (nSPS) is 19.8. The molecule has 1 aliphatic rings. The van der Waals surface area contributed by atoms with Gasteiger partial charge in [0, 0.05) is 29.0 Å². The standard InChI is InChI=1S/C24H21ClFN3O4/c25-14-4-6-15(7-5-14)27-23(32)18-12-17(30)13-19(18)24(33)28-21-9-8-16(11-20(21)26)29-10-2-1-3-22(29)31/h1-11,17-19,30H,12-13H2,(H,27,32)(H,28,33). The van der Waals surface area contributed by atoms with Crippen LogP contribution >= 0.6 is 11.6 Å². The van der Waals surface area contributed by atoms with Crippen molar-refractivity contribution in [1.82, 2.24) is 4.57 Å². The summed E-state index contributed by atoms with van der Waals surface area (Å²) >= 11 is 5.86. The third kappa shape index (κ3) is 5.13. The van der Waals surface area contributed by atoms with Gasteiger partial charge in [0.2, 0.25) is 11.8 Å². The largest absolute Gasteiger partial charge is 0.393 e. The monoisotopic (exact) mass is 469 g/mol. The van der Waals surface area contributed by atoms with Gasteiger partial charge in [0.1, 0.15) is 5.82 Å². The molecule has 3 atom stereocenters. The van der Waals surface area contributed by atoms with E-state index in [1.54, 1.807) is 36.4 Å². The van der Waals surface area contributed by atoms with Crippen LogP contribution in [-0.4, -0.2) is 27.6 Å². The van der Waals surface area contributed by atoms with Crippen LogP contribution in [0.2, 0.25) is 5.02 Å². The van der Waals surface area contributed by atoms with Crippen molar-refractivity contribution in [2.45, 2.75) is 18.9 Å². The molecule has 4 rings (SSSR count). The molecule has 9 heteroatoms. The fourth-order valence-corrected chi connectivity index (χ4v) is 4.11. The molecule has 1 aliphatic carbocycles. The molecule has 33 heavy (non-hydrogen) atoms. The number of carbonyl (C=O) groups excluding carboxylic acids is 2. The van der Waals surface area contributed by atoms with Crippen molar-refractivity contribution >= 4 is 34.8 Å². The van der Waals surface area contributed by atoms with E-state index in [9.17, 15) is 23.9 Å². The molecule has 1 aromatic heterocycles. The van der Waals surface area contributed by atoms with Gasteiger partial charge < -0.3 is 15.7 Å².